The van der Waals surface area contributed by atoms with Crippen LogP contribution in [0.4, 0.5) is 0 Å². The predicted octanol–water partition coefficient (Wildman–Crippen LogP) is 3.04. The van der Waals surface area contributed by atoms with Crippen LogP contribution in [0.2, 0.25) is 5.02 Å². The minimum absolute atomic E-state index is 0.184. The number of hydrogen-bond acceptors (Lipinski definition) is 3. The van der Waals surface area contributed by atoms with Crippen LogP contribution in [0, 0.1) is 0 Å². The molecule has 5 heteroatoms. The summed E-state index contributed by atoms with van der Waals surface area (Å²) in [6, 6.07) is 14.5. The molecule has 2 rings (SSSR count). The lowest BCUT2D eigenvalue weighted by Gasteiger charge is -2.01. The molecule has 1 amide bonds. The van der Waals surface area contributed by atoms with E-state index in [4.69, 9.17) is 16.3 Å². The first-order valence-corrected chi connectivity index (χ1v) is 6.75. The Kier molecular flexibility index (Phi) is 5.35. The smallest absolute Gasteiger partial charge is 0.244 e. The third-order valence-electron chi connectivity index (χ3n) is 2.77. The second-order valence-electron chi connectivity index (χ2n) is 4.37. The van der Waals surface area contributed by atoms with Crippen molar-refractivity contribution in [3.05, 3.63) is 64.7 Å². The van der Waals surface area contributed by atoms with Crippen LogP contribution in [-0.4, -0.2) is 19.2 Å². The second-order valence-corrected chi connectivity index (χ2v) is 4.81. The van der Waals surface area contributed by atoms with Gasteiger partial charge in [-0.15, -0.1) is 0 Å². The topological polar surface area (TPSA) is 50.7 Å². The van der Waals surface area contributed by atoms with E-state index in [9.17, 15) is 4.79 Å². The number of methoxy groups -OCH3 is 1. The molecule has 0 aliphatic heterocycles. The molecule has 2 aromatic carbocycles. The van der Waals surface area contributed by atoms with Crippen LogP contribution in [0.15, 0.2) is 53.6 Å². The summed E-state index contributed by atoms with van der Waals surface area (Å²) >= 11 is 5.79. The van der Waals surface area contributed by atoms with E-state index in [1.54, 1.807) is 25.5 Å². The number of amides is 1. The number of halogens is 1. The summed E-state index contributed by atoms with van der Waals surface area (Å²) in [7, 11) is 1.60. The maximum Gasteiger partial charge on any atom is 0.244 e. The number of hydrazone groups is 1. The van der Waals surface area contributed by atoms with Gasteiger partial charge in [0.15, 0.2) is 0 Å². The van der Waals surface area contributed by atoms with Crippen molar-refractivity contribution in [1.82, 2.24) is 5.43 Å². The number of rotatable bonds is 5. The summed E-state index contributed by atoms with van der Waals surface area (Å²) in [5, 5.41) is 4.57. The number of nitrogens with one attached hydrogen (secondary N) is 1. The van der Waals surface area contributed by atoms with Crippen LogP contribution in [-0.2, 0) is 11.2 Å². The monoisotopic (exact) mass is 302 g/mol. The normalized spacial score (nSPS) is 10.6. The Labute approximate surface area is 128 Å². The Morgan fingerprint density at radius 1 is 1.29 bits per heavy atom. The molecule has 0 fully saturated rings. The standard InChI is InChI=1S/C16H15ClN2O2/c1-21-15-4-2-3-13(9-15)11-18-19-16(20)10-12-5-7-14(17)8-6-12/h2-9,11H,10H2,1H3,(H,19,20)/b18-11-. The van der Waals surface area contributed by atoms with Crippen LogP contribution in [0.1, 0.15) is 11.1 Å². The first-order chi connectivity index (χ1) is 10.2. The molecule has 0 heterocycles. The largest absolute Gasteiger partial charge is 0.497 e. The van der Waals surface area contributed by atoms with E-state index in [0.717, 1.165) is 16.9 Å². The highest BCUT2D eigenvalue weighted by Crippen LogP contribution is 2.11. The van der Waals surface area contributed by atoms with Crippen molar-refractivity contribution in [2.24, 2.45) is 5.10 Å². The third kappa shape index (κ3) is 4.93. The zero-order valence-electron chi connectivity index (χ0n) is 11.5. The Bertz CT molecular complexity index is 639. The molecule has 0 aliphatic rings. The molecule has 21 heavy (non-hydrogen) atoms. The van der Waals surface area contributed by atoms with Crippen LogP contribution in [0.25, 0.3) is 0 Å². The van der Waals surface area contributed by atoms with Crippen LogP contribution in [0.5, 0.6) is 5.75 Å². The zero-order valence-corrected chi connectivity index (χ0v) is 12.3. The summed E-state index contributed by atoms with van der Waals surface area (Å²) in [6.07, 6.45) is 1.83. The molecule has 2 aromatic rings. The van der Waals surface area contributed by atoms with Crippen molar-refractivity contribution in [3.8, 4) is 5.75 Å². The summed E-state index contributed by atoms with van der Waals surface area (Å²) in [6.45, 7) is 0. The van der Waals surface area contributed by atoms with Gasteiger partial charge in [-0.2, -0.15) is 5.10 Å². The first-order valence-electron chi connectivity index (χ1n) is 6.38. The van der Waals surface area contributed by atoms with E-state index in [1.807, 2.05) is 36.4 Å². The highest BCUT2D eigenvalue weighted by Gasteiger charge is 2.01. The fraction of sp³-hybridized carbons (Fsp3) is 0.125. The second kappa shape index (κ2) is 7.45. The van der Waals surface area contributed by atoms with Gasteiger partial charge in [0.25, 0.3) is 0 Å². The van der Waals surface area contributed by atoms with Gasteiger partial charge in [0.05, 0.1) is 19.7 Å². The van der Waals surface area contributed by atoms with E-state index in [0.29, 0.717) is 5.02 Å². The average molecular weight is 303 g/mol. The van der Waals surface area contributed by atoms with Crippen molar-refractivity contribution in [2.45, 2.75) is 6.42 Å². The first kappa shape index (κ1) is 15.1. The average Bonchev–Trinajstić information content (AvgIpc) is 2.50. The Balaban J connectivity index is 1.88. The fourth-order valence-corrected chi connectivity index (χ4v) is 1.85. The van der Waals surface area contributed by atoms with Gasteiger partial charge in [-0.1, -0.05) is 35.9 Å². The Morgan fingerprint density at radius 2 is 2.05 bits per heavy atom. The van der Waals surface area contributed by atoms with Crippen molar-refractivity contribution in [1.29, 1.82) is 0 Å². The molecule has 1 N–H and O–H groups in total. The van der Waals surface area contributed by atoms with E-state index in [1.165, 1.54) is 0 Å². The van der Waals surface area contributed by atoms with Gasteiger partial charge in [-0.05, 0) is 35.4 Å². The van der Waals surface area contributed by atoms with Crippen LogP contribution >= 0.6 is 11.6 Å². The molecule has 0 spiro atoms. The van der Waals surface area contributed by atoms with Gasteiger partial charge in [-0.25, -0.2) is 5.43 Å². The van der Waals surface area contributed by atoms with E-state index >= 15 is 0 Å². The van der Waals surface area contributed by atoms with Gasteiger partial charge >= 0.3 is 0 Å². The maximum atomic E-state index is 11.7. The number of carbonyl (C=O) groups excluding carboxylic acids is 1. The molecule has 0 atom stereocenters. The molecular formula is C16H15ClN2O2. The number of nitrogens with zero attached hydrogens (tertiary/aromatic N) is 1. The van der Waals surface area contributed by atoms with Crippen molar-refractivity contribution < 1.29 is 9.53 Å². The lowest BCUT2D eigenvalue weighted by molar-refractivity contribution is -0.120. The summed E-state index contributed by atoms with van der Waals surface area (Å²) in [5.41, 5.74) is 4.22. The van der Waals surface area contributed by atoms with Crippen molar-refractivity contribution in [3.63, 3.8) is 0 Å². The molecule has 0 bridgehead atoms. The van der Waals surface area contributed by atoms with Crippen LogP contribution in [0.3, 0.4) is 0 Å². The highest BCUT2D eigenvalue weighted by molar-refractivity contribution is 6.30. The molecule has 4 nitrogen and oxygen atoms in total. The molecular weight excluding hydrogens is 288 g/mol. The van der Waals surface area contributed by atoms with Gasteiger partial charge in [0.2, 0.25) is 5.91 Å². The van der Waals surface area contributed by atoms with Gasteiger partial charge in [-0.3, -0.25) is 4.79 Å². The number of carbonyl (C=O) groups is 1. The number of hydrogen-bond donors (Lipinski definition) is 1. The van der Waals surface area contributed by atoms with Crippen molar-refractivity contribution in [2.75, 3.05) is 7.11 Å². The van der Waals surface area contributed by atoms with Gasteiger partial charge in [0.1, 0.15) is 5.75 Å². The van der Waals surface area contributed by atoms with Gasteiger partial charge < -0.3 is 4.74 Å². The number of ether oxygens (including phenoxy) is 1. The summed E-state index contributed by atoms with van der Waals surface area (Å²) in [5.74, 6) is 0.558. The van der Waals surface area contributed by atoms with Crippen LogP contribution < -0.4 is 10.2 Å². The molecule has 108 valence electrons. The SMILES string of the molecule is COc1cccc(/C=N\NC(=O)Cc2ccc(Cl)cc2)c1. The zero-order chi connectivity index (χ0) is 15.1. The Hall–Kier alpha value is -2.33. The minimum atomic E-state index is -0.184. The molecule has 0 unspecified atom stereocenters. The molecule has 0 aliphatic carbocycles. The molecule has 0 radical (unpaired) electrons. The van der Waals surface area contributed by atoms with E-state index < -0.39 is 0 Å². The Morgan fingerprint density at radius 3 is 2.76 bits per heavy atom. The molecule has 0 aromatic heterocycles. The van der Waals surface area contributed by atoms with Crippen molar-refractivity contribution >= 4 is 23.7 Å². The lowest BCUT2D eigenvalue weighted by Crippen LogP contribution is -2.19. The molecule has 0 saturated carbocycles. The number of benzene rings is 2. The highest BCUT2D eigenvalue weighted by atomic mass is 35.5. The maximum absolute atomic E-state index is 11.7. The fourth-order valence-electron chi connectivity index (χ4n) is 1.73. The lowest BCUT2D eigenvalue weighted by atomic mass is 10.1. The van der Waals surface area contributed by atoms with E-state index in [-0.39, 0.29) is 12.3 Å². The van der Waals surface area contributed by atoms with Gasteiger partial charge in [0, 0.05) is 5.02 Å². The summed E-state index contributed by atoms with van der Waals surface area (Å²) < 4.78 is 5.11. The van der Waals surface area contributed by atoms with E-state index in [2.05, 4.69) is 10.5 Å². The summed E-state index contributed by atoms with van der Waals surface area (Å²) in [4.78, 5) is 11.7. The molecule has 0 saturated heterocycles. The minimum Gasteiger partial charge on any atom is -0.497 e. The predicted molar refractivity (Wildman–Crippen MR) is 83.9 cm³/mol. The third-order valence-corrected chi connectivity index (χ3v) is 3.03. The quantitative estimate of drug-likeness (QED) is 0.682.